The van der Waals surface area contributed by atoms with E-state index in [-0.39, 0.29) is 5.91 Å². The van der Waals surface area contributed by atoms with Crippen LogP contribution >= 0.6 is 0 Å². The molecule has 2 aliphatic heterocycles. The second kappa shape index (κ2) is 7.94. The second-order valence-electron chi connectivity index (χ2n) is 6.73. The minimum Gasteiger partial charge on any atom is -0.379 e. The predicted molar refractivity (Wildman–Crippen MR) is 94.2 cm³/mol. The van der Waals surface area contributed by atoms with E-state index in [0.29, 0.717) is 12.5 Å². The Kier molecular flexibility index (Phi) is 5.68. The van der Waals surface area contributed by atoms with Crippen LogP contribution in [0.15, 0.2) is 18.5 Å². The first-order valence-corrected chi connectivity index (χ1v) is 8.90. The number of aryl methyl sites for hydroxylation is 1. The molecule has 0 aromatic carbocycles. The normalized spacial score (nSPS) is 20.9. The maximum absolute atomic E-state index is 12.6. The molecular formula is C18H28N4O2. The Hall–Kier alpha value is -1.66. The monoisotopic (exact) mass is 332 g/mol. The van der Waals surface area contributed by atoms with Gasteiger partial charge in [0.05, 0.1) is 13.2 Å². The van der Waals surface area contributed by atoms with Gasteiger partial charge in [-0.3, -0.25) is 14.7 Å². The van der Waals surface area contributed by atoms with Crippen molar-refractivity contribution in [3.8, 4) is 0 Å². The highest BCUT2D eigenvalue weighted by Gasteiger charge is 2.25. The molecule has 2 saturated heterocycles. The van der Waals surface area contributed by atoms with Crippen molar-refractivity contribution in [2.24, 2.45) is 0 Å². The Bertz CT molecular complexity index is 552. The molecule has 0 spiro atoms. The Morgan fingerprint density at radius 2 is 1.92 bits per heavy atom. The summed E-state index contributed by atoms with van der Waals surface area (Å²) in [5.41, 5.74) is 2.43. The first-order chi connectivity index (χ1) is 11.6. The Labute approximate surface area is 144 Å². The van der Waals surface area contributed by atoms with Crippen LogP contribution in [0.25, 0.3) is 0 Å². The molecule has 6 heteroatoms. The van der Waals surface area contributed by atoms with Crippen molar-refractivity contribution in [1.29, 1.82) is 0 Å². The number of morpholine rings is 1. The zero-order valence-corrected chi connectivity index (χ0v) is 14.8. The van der Waals surface area contributed by atoms with Gasteiger partial charge in [-0.1, -0.05) is 0 Å². The molecule has 6 nitrogen and oxygen atoms in total. The zero-order valence-electron chi connectivity index (χ0n) is 14.8. The molecule has 1 aromatic heterocycles. The number of aromatic nitrogens is 1. The molecular weight excluding hydrogens is 304 g/mol. The van der Waals surface area contributed by atoms with Gasteiger partial charge in [-0.2, -0.15) is 0 Å². The van der Waals surface area contributed by atoms with Crippen LogP contribution in [0, 0.1) is 6.92 Å². The van der Waals surface area contributed by atoms with Crippen LogP contribution in [0.3, 0.4) is 0 Å². The van der Waals surface area contributed by atoms with Crippen molar-refractivity contribution >= 4 is 11.6 Å². The third kappa shape index (κ3) is 4.05. The lowest BCUT2D eigenvalue weighted by atomic mass is 10.1. The molecule has 3 heterocycles. The summed E-state index contributed by atoms with van der Waals surface area (Å²) in [6.07, 6.45) is 4.34. The van der Waals surface area contributed by atoms with E-state index in [9.17, 15) is 4.79 Å². The van der Waals surface area contributed by atoms with Gasteiger partial charge >= 0.3 is 0 Å². The molecule has 0 radical (unpaired) electrons. The van der Waals surface area contributed by atoms with Crippen LogP contribution in [0.4, 0.5) is 5.69 Å². The molecule has 3 rings (SSSR count). The van der Waals surface area contributed by atoms with E-state index in [1.54, 1.807) is 0 Å². The van der Waals surface area contributed by atoms with Crippen molar-refractivity contribution in [2.75, 3.05) is 57.4 Å². The number of piperazine rings is 1. The maximum Gasteiger partial charge on any atom is 0.224 e. The standard InChI is InChI=1S/C18H28N4O2/c1-15-14-19-4-3-17(15)21-5-7-22(8-6-21)18(23)13-16(2)20-9-11-24-12-10-20/h3-4,14,16H,5-13H2,1-2H3/t16-/m1/s1. The summed E-state index contributed by atoms with van der Waals surface area (Å²) in [6, 6.07) is 2.36. The van der Waals surface area contributed by atoms with Crippen LogP contribution in [-0.4, -0.2) is 79.2 Å². The highest BCUT2D eigenvalue weighted by atomic mass is 16.5. The van der Waals surface area contributed by atoms with Crippen molar-refractivity contribution in [1.82, 2.24) is 14.8 Å². The lowest BCUT2D eigenvalue weighted by molar-refractivity contribution is -0.133. The van der Waals surface area contributed by atoms with Crippen molar-refractivity contribution in [3.63, 3.8) is 0 Å². The predicted octanol–water partition coefficient (Wildman–Crippen LogP) is 1.15. The summed E-state index contributed by atoms with van der Waals surface area (Å²) in [6.45, 7) is 11.1. The summed E-state index contributed by atoms with van der Waals surface area (Å²) in [5, 5.41) is 0. The van der Waals surface area contributed by atoms with E-state index in [1.165, 1.54) is 11.3 Å². The van der Waals surface area contributed by atoms with Crippen LogP contribution in [0.5, 0.6) is 0 Å². The lowest BCUT2D eigenvalue weighted by Crippen LogP contribution is -2.51. The highest BCUT2D eigenvalue weighted by Crippen LogP contribution is 2.20. The molecule has 24 heavy (non-hydrogen) atoms. The quantitative estimate of drug-likeness (QED) is 0.828. The first-order valence-electron chi connectivity index (χ1n) is 8.90. The Morgan fingerprint density at radius 1 is 1.21 bits per heavy atom. The molecule has 0 bridgehead atoms. The van der Waals surface area contributed by atoms with Crippen LogP contribution < -0.4 is 4.90 Å². The number of hydrogen-bond donors (Lipinski definition) is 0. The van der Waals surface area contributed by atoms with E-state index in [4.69, 9.17) is 4.74 Å². The zero-order chi connectivity index (χ0) is 16.9. The minimum absolute atomic E-state index is 0.278. The summed E-state index contributed by atoms with van der Waals surface area (Å²) in [7, 11) is 0. The molecule has 2 fully saturated rings. The minimum atomic E-state index is 0.278. The number of nitrogens with zero attached hydrogens (tertiary/aromatic N) is 4. The number of hydrogen-bond acceptors (Lipinski definition) is 5. The van der Waals surface area contributed by atoms with Crippen molar-refractivity contribution < 1.29 is 9.53 Å². The molecule has 0 unspecified atom stereocenters. The molecule has 132 valence electrons. The SMILES string of the molecule is Cc1cnccc1N1CCN(C(=O)C[C@@H](C)N2CCOCC2)CC1. The highest BCUT2D eigenvalue weighted by molar-refractivity contribution is 5.77. The average molecular weight is 332 g/mol. The number of amides is 1. The maximum atomic E-state index is 12.6. The van der Waals surface area contributed by atoms with Gasteiger partial charge in [0, 0.05) is 69.8 Å². The van der Waals surface area contributed by atoms with E-state index in [1.807, 2.05) is 17.3 Å². The molecule has 1 amide bonds. The number of carbonyl (C=O) groups is 1. The fraction of sp³-hybridized carbons (Fsp3) is 0.667. The number of pyridine rings is 1. The largest absolute Gasteiger partial charge is 0.379 e. The second-order valence-corrected chi connectivity index (χ2v) is 6.73. The summed E-state index contributed by atoms with van der Waals surface area (Å²) in [5.74, 6) is 0.278. The fourth-order valence-electron chi connectivity index (χ4n) is 3.55. The molecule has 1 atom stereocenters. The summed E-state index contributed by atoms with van der Waals surface area (Å²) < 4.78 is 5.39. The first kappa shape index (κ1) is 17.2. The Morgan fingerprint density at radius 3 is 2.58 bits per heavy atom. The van der Waals surface area contributed by atoms with E-state index in [2.05, 4.69) is 34.7 Å². The van der Waals surface area contributed by atoms with E-state index < -0.39 is 0 Å². The topological polar surface area (TPSA) is 48.9 Å². The average Bonchev–Trinajstić information content (AvgIpc) is 2.63. The van der Waals surface area contributed by atoms with Gasteiger partial charge in [0.25, 0.3) is 0 Å². The molecule has 0 saturated carbocycles. The van der Waals surface area contributed by atoms with Crippen LogP contribution in [-0.2, 0) is 9.53 Å². The fourth-order valence-corrected chi connectivity index (χ4v) is 3.55. The summed E-state index contributed by atoms with van der Waals surface area (Å²) in [4.78, 5) is 23.5. The van der Waals surface area contributed by atoms with Crippen molar-refractivity contribution in [2.45, 2.75) is 26.3 Å². The lowest BCUT2D eigenvalue weighted by Gasteiger charge is -2.38. The number of ether oxygens (including phenoxy) is 1. The third-order valence-electron chi connectivity index (χ3n) is 5.10. The van der Waals surface area contributed by atoms with Gasteiger partial charge in [-0.15, -0.1) is 0 Å². The molecule has 0 N–H and O–H groups in total. The number of rotatable bonds is 4. The van der Waals surface area contributed by atoms with Gasteiger partial charge < -0.3 is 14.5 Å². The van der Waals surface area contributed by atoms with Crippen LogP contribution in [0.1, 0.15) is 18.9 Å². The van der Waals surface area contributed by atoms with Gasteiger partial charge in [-0.05, 0) is 25.5 Å². The third-order valence-corrected chi connectivity index (χ3v) is 5.10. The number of anilines is 1. The van der Waals surface area contributed by atoms with Gasteiger partial charge in [-0.25, -0.2) is 0 Å². The number of carbonyl (C=O) groups excluding carboxylic acids is 1. The van der Waals surface area contributed by atoms with Gasteiger partial charge in [0.2, 0.25) is 5.91 Å². The Balaban J connectivity index is 1.49. The molecule has 2 aliphatic rings. The van der Waals surface area contributed by atoms with Gasteiger partial charge in [0.1, 0.15) is 0 Å². The smallest absolute Gasteiger partial charge is 0.224 e. The molecule has 1 aromatic rings. The van der Waals surface area contributed by atoms with E-state index >= 15 is 0 Å². The van der Waals surface area contributed by atoms with E-state index in [0.717, 1.165) is 52.5 Å². The van der Waals surface area contributed by atoms with Crippen LogP contribution in [0.2, 0.25) is 0 Å². The summed E-state index contributed by atoms with van der Waals surface area (Å²) >= 11 is 0. The molecule has 0 aliphatic carbocycles. The van der Waals surface area contributed by atoms with Crippen molar-refractivity contribution in [3.05, 3.63) is 24.0 Å². The van der Waals surface area contributed by atoms with Gasteiger partial charge in [0.15, 0.2) is 0 Å².